The molecule has 1 aromatic heterocycles. The third-order valence-corrected chi connectivity index (χ3v) is 3.28. The molecule has 1 atom stereocenters. The predicted octanol–water partition coefficient (Wildman–Crippen LogP) is 2.64. The van der Waals surface area contributed by atoms with Crippen molar-refractivity contribution in [1.29, 1.82) is 0 Å². The number of carboxylic acid groups (broad SMARTS) is 1. The van der Waals surface area contributed by atoms with Crippen molar-refractivity contribution in [2.75, 3.05) is 11.9 Å². The number of anilines is 1. The maximum absolute atomic E-state index is 11.0. The van der Waals surface area contributed by atoms with E-state index in [1.54, 1.807) is 0 Å². The maximum atomic E-state index is 11.0. The van der Waals surface area contributed by atoms with Crippen LogP contribution in [0.2, 0.25) is 5.02 Å². The second kappa shape index (κ2) is 6.21. The first-order chi connectivity index (χ1) is 8.77. The molecular weight excluding hydrogens is 268 g/mol. The average molecular weight is 287 g/mol. The van der Waals surface area contributed by atoms with Crippen molar-refractivity contribution in [3.63, 3.8) is 0 Å². The largest absolute Gasteiger partial charge is 0.478 e. The van der Waals surface area contributed by atoms with E-state index in [1.165, 1.54) is 12.3 Å². The summed E-state index contributed by atoms with van der Waals surface area (Å²) in [6, 6.07) is 1.29. The molecule has 6 heteroatoms. The third kappa shape index (κ3) is 4.08. The van der Waals surface area contributed by atoms with Crippen LogP contribution in [0.3, 0.4) is 0 Å². The molecular formula is C13H19ClN2O3. The zero-order valence-corrected chi connectivity index (χ0v) is 12.0. The van der Waals surface area contributed by atoms with E-state index in [4.69, 9.17) is 21.8 Å². The van der Waals surface area contributed by atoms with Gasteiger partial charge in [0.25, 0.3) is 0 Å². The van der Waals surface area contributed by atoms with Gasteiger partial charge in [-0.1, -0.05) is 32.4 Å². The van der Waals surface area contributed by atoms with E-state index in [0.29, 0.717) is 12.2 Å². The van der Waals surface area contributed by atoms with Crippen LogP contribution in [0.5, 0.6) is 0 Å². The van der Waals surface area contributed by atoms with Gasteiger partial charge in [-0.05, 0) is 17.9 Å². The van der Waals surface area contributed by atoms with E-state index < -0.39 is 5.97 Å². The van der Waals surface area contributed by atoms with E-state index in [-0.39, 0.29) is 28.6 Å². The lowest BCUT2D eigenvalue weighted by Crippen LogP contribution is -2.35. The lowest BCUT2D eigenvalue weighted by Gasteiger charge is -2.31. The molecule has 106 valence electrons. The summed E-state index contributed by atoms with van der Waals surface area (Å²) in [5, 5.41) is 21.3. The highest BCUT2D eigenvalue weighted by Gasteiger charge is 2.25. The molecule has 0 saturated heterocycles. The molecule has 0 spiro atoms. The van der Waals surface area contributed by atoms with Gasteiger partial charge in [-0.25, -0.2) is 9.78 Å². The van der Waals surface area contributed by atoms with Crippen LogP contribution in [0.25, 0.3) is 0 Å². The van der Waals surface area contributed by atoms with Crippen molar-refractivity contribution < 1.29 is 15.0 Å². The Morgan fingerprint density at radius 1 is 1.53 bits per heavy atom. The molecule has 1 heterocycles. The number of aromatic carboxylic acids is 1. The summed E-state index contributed by atoms with van der Waals surface area (Å²) >= 11 is 6.03. The van der Waals surface area contributed by atoms with Crippen molar-refractivity contribution in [3.8, 4) is 0 Å². The second-order valence-electron chi connectivity index (χ2n) is 5.40. The molecule has 0 fully saturated rings. The number of hydrogen-bond acceptors (Lipinski definition) is 4. The smallest absolute Gasteiger partial charge is 0.337 e. The molecule has 0 aliphatic rings. The topological polar surface area (TPSA) is 82.5 Å². The van der Waals surface area contributed by atoms with Gasteiger partial charge >= 0.3 is 5.97 Å². The highest BCUT2D eigenvalue weighted by molar-refractivity contribution is 6.35. The van der Waals surface area contributed by atoms with Gasteiger partial charge in [-0.15, -0.1) is 0 Å². The number of aliphatic hydroxyl groups excluding tert-OH is 1. The Kier molecular flexibility index (Phi) is 5.14. The van der Waals surface area contributed by atoms with Crippen LogP contribution in [0.15, 0.2) is 12.3 Å². The van der Waals surface area contributed by atoms with Crippen molar-refractivity contribution in [2.45, 2.75) is 33.2 Å². The van der Waals surface area contributed by atoms with Gasteiger partial charge in [0.1, 0.15) is 5.82 Å². The van der Waals surface area contributed by atoms with Crippen molar-refractivity contribution in [1.82, 2.24) is 4.98 Å². The quantitative estimate of drug-likeness (QED) is 0.775. The van der Waals surface area contributed by atoms with Gasteiger partial charge < -0.3 is 15.5 Å². The standard InChI is InChI=1S/C13H19ClN2O3/c1-13(2,3)9(5-7-17)16-11-10(14)8(12(18)19)4-6-15-11/h4,6,9,17H,5,7H2,1-3H3,(H,15,16)(H,18,19). The molecule has 0 bridgehead atoms. The Balaban J connectivity index is 3.03. The average Bonchev–Trinajstić information content (AvgIpc) is 2.29. The number of pyridine rings is 1. The van der Waals surface area contributed by atoms with Crippen LogP contribution in [0.1, 0.15) is 37.6 Å². The van der Waals surface area contributed by atoms with Gasteiger partial charge in [0, 0.05) is 18.8 Å². The van der Waals surface area contributed by atoms with Crippen LogP contribution in [-0.2, 0) is 0 Å². The monoisotopic (exact) mass is 286 g/mol. The zero-order valence-electron chi connectivity index (χ0n) is 11.3. The number of aliphatic hydroxyl groups is 1. The van der Waals surface area contributed by atoms with Gasteiger partial charge in [0.2, 0.25) is 0 Å². The van der Waals surface area contributed by atoms with E-state index >= 15 is 0 Å². The minimum atomic E-state index is -1.09. The van der Waals surface area contributed by atoms with Crippen LogP contribution in [-0.4, -0.2) is 33.8 Å². The van der Waals surface area contributed by atoms with Crippen molar-refractivity contribution >= 4 is 23.4 Å². The fourth-order valence-corrected chi connectivity index (χ4v) is 1.97. The number of hydrogen-bond donors (Lipinski definition) is 3. The number of nitrogens with zero attached hydrogens (tertiary/aromatic N) is 1. The molecule has 0 radical (unpaired) electrons. The normalized spacial score (nSPS) is 13.1. The summed E-state index contributed by atoms with van der Waals surface area (Å²) in [5.41, 5.74) is -0.108. The Bertz CT molecular complexity index is 458. The first-order valence-corrected chi connectivity index (χ1v) is 6.40. The van der Waals surface area contributed by atoms with Crippen LogP contribution in [0.4, 0.5) is 5.82 Å². The number of carbonyl (C=O) groups is 1. The number of aromatic nitrogens is 1. The first kappa shape index (κ1) is 15.7. The maximum Gasteiger partial charge on any atom is 0.337 e. The van der Waals surface area contributed by atoms with Crippen LogP contribution < -0.4 is 5.32 Å². The number of halogens is 1. The molecule has 1 aromatic rings. The molecule has 5 nitrogen and oxygen atoms in total. The highest BCUT2D eigenvalue weighted by atomic mass is 35.5. The van der Waals surface area contributed by atoms with E-state index in [9.17, 15) is 4.79 Å². The molecule has 1 unspecified atom stereocenters. The Labute approximate surface area is 117 Å². The molecule has 0 amide bonds. The summed E-state index contributed by atoms with van der Waals surface area (Å²) in [4.78, 5) is 15.1. The number of rotatable bonds is 5. The van der Waals surface area contributed by atoms with Gasteiger partial charge in [-0.3, -0.25) is 0 Å². The zero-order chi connectivity index (χ0) is 14.6. The lowest BCUT2D eigenvalue weighted by atomic mass is 9.85. The van der Waals surface area contributed by atoms with E-state index in [0.717, 1.165) is 0 Å². The molecule has 1 rings (SSSR count). The molecule has 0 saturated carbocycles. The Morgan fingerprint density at radius 2 is 2.16 bits per heavy atom. The minimum absolute atomic E-state index is 0.0100. The minimum Gasteiger partial charge on any atom is -0.478 e. The summed E-state index contributed by atoms with van der Waals surface area (Å²) in [6.45, 7) is 6.10. The van der Waals surface area contributed by atoms with Crippen molar-refractivity contribution in [3.05, 3.63) is 22.8 Å². The van der Waals surface area contributed by atoms with Crippen LogP contribution in [0, 0.1) is 5.41 Å². The van der Waals surface area contributed by atoms with Gasteiger partial charge in [0.15, 0.2) is 0 Å². The number of nitrogens with one attached hydrogen (secondary N) is 1. The van der Waals surface area contributed by atoms with Crippen molar-refractivity contribution in [2.24, 2.45) is 5.41 Å². The van der Waals surface area contributed by atoms with Gasteiger partial charge in [-0.2, -0.15) is 0 Å². The number of carboxylic acids is 1. The van der Waals surface area contributed by atoms with E-state index in [2.05, 4.69) is 10.3 Å². The highest BCUT2D eigenvalue weighted by Crippen LogP contribution is 2.29. The predicted molar refractivity (Wildman–Crippen MR) is 74.8 cm³/mol. The lowest BCUT2D eigenvalue weighted by molar-refractivity contribution is 0.0697. The molecule has 19 heavy (non-hydrogen) atoms. The molecule has 0 aliphatic carbocycles. The molecule has 3 N–H and O–H groups in total. The Morgan fingerprint density at radius 3 is 2.63 bits per heavy atom. The summed E-state index contributed by atoms with van der Waals surface area (Å²) < 4.78 is 0. The fraction of sp³-hybridized carbons (Fsp3) is 0.538. The van der Waals surface area contributed by atoms with Gasteiger partial charge in [0.05, 0.1) is 10.6 Å². The third-order valence-electron chi connectivity index (χ3n) is 2.89. The summed E-state index contributed by atoms with van der Waals surface area (Å²) in [5.74, 6) is -0.764. The SMILES string of the molecule is CC(C)(C)C(CCO)Nc1nccc(C(=O)O)c1Cl. The Hall–Kier alpha value is -1.33. The first-order valence-electron chi connectivity index (χ1n) is 6.02. The van der Waals surface area contributed by atoms with E-state index in [1.807, 2.05) is 20.8 Å². The van der Waals surface area contributed by atoms with Crippen LogP contribution >= 0.6 is 11.6 Å². The summed E-state index contributed by atoms with van der Waals surface area (Å²) in [7, 11) is 0. The second-order valence-corrected chi connectivity index (χ2v) is 5.78. The fourth-order valence-electron chi connectivity index (χ4n) is 1.73. The summed E-state index contributed by atoms with van der Waals surface area (Å²) in [6.07, 6.45) is 1.93. The molecule has 0 aromatic carbocycles. The molecule has 0 aliphatic heterocycles.